The summed E-state index contributed by atoms with van der Waals surface area (Å²) >= 11 is 6.18. The van der Waals surface area contributed by atoms with Gasteiger partial charge in [0, 0.05) is 31.5 Å². The van der Waals surface area contributed by atoms with Crippen molar-refractivity contribution in [3.8, 4) is 0 Å². The first-order valence-corrected chi connectivity index (χ1v) is 6.57. The third-order valence-electron chi connectivity index (χ3n) is 2.92. The molecule has 0 amide bonds. The Morgan fingerprint density at radius 3 is 2.53 bits per heavy atom. The van der Waals surface area contributed by atoms with Gasteiger partial charge in [0.25, 0.3) is 0 Å². The van der Waals surface area contributed by atoms with E-state index in [-0.39, 0.29) is 5.92 Å². The van der Waals surface area contributed by atoms with Crippen molar-refractivity contribution in [2.45, 2.75) is 26.3 Å². The Hall–Kier alpha value is -1.68. The fraction of sp³-hybridized carbons (Fsp3) is 0.357. The molecular formula is C14H17ClN4. The third-order valence-corrected chi connectivity index (χ3v) is 3.22. The van der Waals surface area contributed by atoms with Crippen LogP contribution in [0.4, 0.5) is 5.82 Å². The summed E-state index contributed by atoms with van der Waals surface area (Å²) in [6.07, 6.45) is 5.09. The first kappa shape index (κ1) is 13.7. The third kappa shape index (κ3) is 3.20. The molecule has 5 heteroatoms. The molecule has 0 unspecified atom stereocenters. The largest absolute Gasteiger partial charge is 0.355 e. The number of nitrogens with zero attached hydrogens (tertiary/aromatic N) is 4. The number of hydrogen-bond donors (Lipinski definition) is 0. The van der Waals surface area contributed by atoms with Gasteiger partial charge in [0.1, 0.15) is 17.3 Å². The molecule has 0 saturated carbocycles. The van der Waals surface area contributed by atoms with Crippen molar-refractivity contribution in [3.05, 3.63) is 47.1 Å². The van der Waals surface area contributed by atoms with Crippen LogP contribution in [0.25, 0.3) is 0 Å². The number of halogens is 1. The van der Waals surface area contributed by atoms with E-state index in [9.17, 15) is 0 Å². The SMILES string of the molecule is CC(C)c1c(Cl)ncnc1N(C)Cc1ccncc1. The molecular weight excluding hydrogens is 260 g/mol. The second-order valence-electron chi connectivity index (χ2n) is 4.77. The maximum absolute atomic E-state index is 6.18. The van der Waals surface area contributed by atoms with E-state index in [1.165, 1.54) is 11.9 Å². The molecule has 19 heavy (non-hydrogen) atoms. The molecule has 0 radical (unpaired) electrons. The zero-order chi connectivity index (χ0) is 13.8. The molecule has 0 aliphatic rings. The normalized spacial score (nSPS) is 10.8. The highest BCUT2D eigenvalue weighted by atomic mass is 35.5. The molecule has 100 valence electrons. The molecule has 2 heterocycles. The Balaban J connectivity index is 2.29. The van der Waals surface area contributed by atoms with Crippen LogP contribution < -0.4 is 4.90 Å². The zero-order valence-corrected chi connectivity index (χ0v) is 12.1. The number of hydrogen-bond acceptors (Lipinski definition) is 4. The van der Waals surface area contributed by atoms with E-state index in [0.717, 1.165) is 17.9 Å². The van der Waals surface area contributed by atoms with Crippen LogP contribution >= 0.6 is 11.6 Å². The van der Waals surface area contributed by atoms with Gasteiger partial charge in [-0.15, -0.1) is 0 Å². The van der Waals surface area contributed by atoms with Gasteiger partial charge in [-0.3, -0.25) is 4.98 Å². The number of anilines is 1. The average molecular weight is 277 g/mol. The molecule has 0 N–H and O–H groups in total. The van der Waals surface area contributed by atoms with Gasteiger partial charge in [-0.1, -0.05) is 25.4 Å². The minimum Gasteiger partial charge on any atom is -0.355 e. The van der Waals surface area contributed by atoms with Gasteiger partial charge >= 0.3 is 0 Å². The van der Waals surface area contributed by atoms with E-state index < -0.39 is 0 Å². The van der Waals surface area contributed by atoms with Gasteiger partial charge in [0.2, 0.25) is 0 Å². The van der Waals surface area contributed by atoms with Crippen molar-refractivity contribution >= 4 is 17.4 Å². The van der Waals surface area contributed by atoms with Crippen LogP contribution in [-0.4, -0.2) is 22.0 Å². The maximum atomic E-state index is 6.18. The van der Waals surface area contributed by atoms with Gasteiger partial charge < -0.3 is 4.90 Å². The van der Waals surface area contributed by atoms with Crippen LogP contribution in [0.5, 0.6) is 0 Å². The molecule has 0 atom stereocenters. The van der Waals surface area contributed by atoms with Crippen molar-refractivity contribution < 1.29 is 0 Å². The highest BCUT2D eigenvalue weighted by Crippen LogP contribution is 2.30. The highest BCUT2D eigenvalue weighted by Gasteiger charge is 2.16. The molecule has 0 bridgehead atoms. The second kappa shape index (κ2) is 5.97. The predicted octanol–water partition coefficient (Wildman–Crippen LogP) is 3.28. The molecule has 0 fully saturated rings. The lowest BCUT2D eigenvalue weighted by Crippen LogP contribution is -2.20. The van der Waals surface area contributed by atoms with Crippen LogP contribution in [0.1, 0.15) is 30.9 Å². The summed E-state index contributed by atoms with van der Waals surface area (Å²) in [4.78, 5) is 14.5. The Morgan fingerprint density at radius 2 is 1.89 bits per heavy atom. The van der Waals surface area contributed by atoms with Crippen molar-refractivity contribution in [2.24, 2.45) is 0 Å². The molecule has 0 saturated heterocycles. The smallest absolute Gasteiger partial charge is 0.138 e. The van der Waals surface area contributed by atoms with Gasteiger partial charge in [0.15, 0.2) is 0 Å². The molecule has 0 aliphatic carbocycles. The van der Waals surface area contributed by atoms with Crippen LogP contribution in [0.3, 0.4) is 0 Å². The molecule has 0 aliphatic heterocycles. The molecule has 2 aromatic rings. The Labute approximate surface area is 118 Å². The lowest BCUT2D eigenvalue weighted by molar-refractivity contribution is 0.807. The monoisotopic (exact) mass is 276 g/mol. The van der Waals surface area contributed by atoms with Crippen molar-refractivity contribution in [1.29, 1.82) is 0 Å². The standard InChI is InChI=1S/C14H17ClN4/c1-10(2)12-13(15)17-9-18-14(12)19(3)8-11-4-6-16-7-5-11/h4-7,9-10H,8H2,1-3H3. The van der Waals surface area contributed by atoms with Gasteiger partial charge in [-0.25, -0.2) is 9.97 Å². The number of aromatic nitrogens is 3. The number of rotatable bonds is 4. The van der Waals surface area contributed by atoms with E-state index in [2.05, 4.69) is 33.7 Å². The summed E-state index contributed by atoms with van der Waals surface area (Å²) in [7, 11) is 2.00. The Bertz CT molecular complexity index is 542. The summed E-state index contributed by atoms with van der Waals surface area (Å²) in [6.45, 7) is 4.94. The van der Waals surface area contributed by atoms with Crippen molar-refractivity contribution in [1.82, 2.24) is 15.0 Å². The van der Waals surface area contributed by atoms with E-state index in [1.54, 1.807) is 12.4 Å². The molecule has 4 nitrogen and oxygen atoms in total. The maximum Gasteiger partial charge on any atom is 0.138 e. The Kier molecular flexibility index (Phi) is 4.32. The predicted molar refractivity (Wildman–Crippen MR) is 77.5 cm³/mol. The van der Waals surface area contributed by atoms with Crippen LogP contribution in [0.15, 0.2) is 30.9 Å². The lowest BCUT2D eigenvalue weighted by Gasteiger charge is -2.23. The molecule has 2 aromatic heterocycles. The molecule has 0 aromatic carbocycles. The summed E-state index contributed by atoms with van der Waals surface area (Å²) < 4.78 is 0. The lowest BCUT2D eigenvalue weighted by atomic mass is 10.1. The minimum atomic E-state index is 0.281. The van der Waals surface area contributed by atoms with Crippen molar-refractivity contribution in [3.63, 3.8) is 0 Å². The molecule has 2 rings (SSSR count). The summed E-state index contributed by atoms with van der Waals surface area (Å²) in [6, 6.07) is 3.99. The molecule has 0 spiro atoms. The van der Waals surface area contributed by atoms with E-state index in [0.29, 0.717) is 5.15 Å². The highest BCUT2D eigenvalue weighted by molar-refractivity contribution is 6.30. The zero-order valence-electron chi connectivity index (χ0n) is 11.3. The van der Waals surface area contributed by atoms with Crippen molar-refractivity contribution in [2.75, 3.05) is 11.9 Å². The summed E-state index contributed by atoms with van der Waals surface area (Å²) in [5.74, 6) is 1.16. The summed E-state index contributed by atoms with van der Waals surface area (Å²) in [5.41, 5.74) is 2.17. The summed E-state index contributed by atoms with van der Waals surface area (Å²) in [5, 5.41) is 0.529. The van der Waals surface area contributed by atoms with Crippen LogP contribution in [0.2, 0.25) is 5.15 Å². The van der Waals surface area contributed by atoms with Gasteiger partial charge in [-0.2, -0.15) is 0 Å². The fourth-order valence-corrected chi connectivity index (χ4v) is 2.35. The minimum absolute atomic E-state index is 0.281. The number of pyridine rings is 1. The van der Waals surface area contributed by atoms with Gasteiger partial charge in [0.05, 0.1) is 0 Å². The quantitative estimate of drug-likeness (QED) is 0.804. The van der Waals surface area contributed by atoms with Gasteiger partial charge in [-0.05, 0) is 23.6 Å². The topological polar surface area (TPSA) is 41.9 Å². The van der Waals surface area contributed by atoms with E-state index in [4.69, 9.17) is 11.6 Å². The van der Waals surface area contributed by atoms with Crippen LogP contribution in [-0.2, 0) is 6.54 Å². The Morgan fingerprint density at radius 1 is 1.21 bits per heavy atom. The van der Waals surface area contributed by atoms with E-state index in [1.807, 2.05) is 19.2 Å². The average Bonchev–Trinajstić information content (AvgIpc) is 2.39. The second-order valence-corrected chi connectivity index (χ2v) is 5.13. The first-order valence-electron chi connectivity index (χ1n) is 6.20. The first-order chi connectivity index (χ1) is 9.09. The van der Waals surface area contributed by atoms with E-state index >= 15 is 0 Å². The van der Waals surface area contributed by atoms with Crippen LogP contribution in [0, 0.1) is 0 Å². The fourth-order valence-electron chi connectivity index (χ4n) is 2.00.